The third-order valence-corrected chi connectivity index (χ3v) is 7.05. The fourth-order valence-electron chi connectivity index (χ4n) is 4.09. The Balaban J connectivity index is 1.47. The van der Waals surface area contributed by atoms with Gasteiger partial charge in [0.25, 0.3) is 5.91 Å². The number of hydrogen-bond donors (Lipinski definition) is 1. The van der Waals surface area contributed by atoms with Gasteiger partial charge in [0.05, 0.1) is 5.69 Å². The number of nitrogens with one attached hydrogen (secondary N) is 1. The van der Waals surface area contributed by atoms with Crippen molar-refractivity contribution in [1.29, 1.82) is 0 Å². The molecule has 6 nitrogen and oxygen atoms in total. The number of para-hydroxylation sites is 2. The van der Waals surface area contributed by atoms with Crippen molar-refractivity contribution in [1.82, 2.24) is 0 Å². The highest BCUT2D eigenvalue weighted by Gasteiger charge is 2.58. The highest BCUT2D eigenvalue weighted by molar-refractivity contribution is 8.02. The topological polar surface area (TPSA) is 75.7 Å². The molecule has 2 aromatic carbocycles. The van der Waals surface area contributed by atoms with Crippen LogP contribution < -0.4 is 10.2 Å². The van der Waals surface area contributed by atoms with Gasteiger partial charge in [-0.05, 0) is 36.1 Å². The van der Waals surface area contributed by atoms with E-state index in [4.69, 9.17) is 4.74 Å². The van der Waals surface area contributed by atoms with Crippen LogP contribution in [0.1, 0.15) is 37.8 Å². The third kappa shape index (κ3) is 3.37. The monoisotopic (exact) mass is 424 g/mol. The highest BCUT2D eigenvalue weighted by Crippen LogP contribution is 2.56. The summed E-state index contributed by atoms with van der Waals surface area (Å²) in [6.07, 6.45) is 2.23. The first-order chi connectivity index (χ1) is 14.5. The first-order valence-corrected chi connectivity index (χ1v) is 11.0. The van der Waals surface area contributed by atoms with E-state index in [1.807, 2.05) is 56.3 Å². The van der Waals surface area contributed by atoms with Gasteiger partial charge in [0.15, 0.2) is 11.5 Å². The van der Waals surface area contributed by atoms with Gasteiger partial charge in [-0.2, -0.15) is 0 Å². The van der Waals surface area contributed by atoms with Crippen molar-refractivity contribution >= 4 is 40.9 Å². The standard InChI is InChI=1S/C23H24N2O4S/c1-3-15-8-7-9-16(4-2)21(15)24-19(26)14-29-22(28)23-13-12-20(27)25(23)17-10-5-6-11-18(17)30-23/h5-11H,3-4,12-14H2,1-2H3,(H,24,26)/t23-/m1/s1. The maximum absolute atomic E-state index is 13.0. The normalized spacial score (nSPS) is 19.4. The average Bonchev–Trinajstić information content (AvgIpc) is 3.27. The molecule has 156 valence electrons. The van der Waals surface area contributed by atoms with E-state index in [1.54, 1.807) is 0 Å². The number of anilines is 2. The van der Waals surface area contributed by atoms with E-state index >= 15 is 0 Å². The summed E-state index contributed by atoms with van der Waals surface area (Å²) in [7, 11) is 0. The third-order valence-electron chi connectivity index (χ3n) is 5.59. The number of aryl methyl sites for hydroxylation is 2. The van der Waals surface area contributed by atoms with Crippen LogP contribution in [0.4, 0.5) is 11.4 Å². The molecule has 0 aliphatic carbocycles. The van der Waals surface area contributed by atoms with Crippen molar-refractivity contribution in [2.75, 3.05) is 16.8 Å². The van der Waals surface area contributed by atoms with Crippen molar-refractivity contribution in [2.45, 2.75) is 49.3 Å². The van der Waals surface area contributed by atoms with Crippen LogP contribution in [0.25, 0.3) is 0 Å². The molecule has 0 unspecified atom stereocenters. The van der Waals surface area contributed by atoms with E-state index in [1.165, 1.54) is 16.7 Å². The van der Waals surface area contributed by atoms with Crippen LogP contribution in [0, 0.1) is 0 Å². The number of ether oxygens (including phenoxy) is 1. The zero-order valence-corrected chi connectivity index (χ0v) is 17.9. The number of fused-ring (bicyclic) bond motifs is 3. The van der Waals surface area contributed by atoms with Gasteiger partial charge >= 0.3 is 5.97 Å². The Bertz CT molecular complexity index is 1000. The van der Waals surface area contributed by atoms with Gasteiger partial charge in [0.1, 0.15) is 0 Å². The first kappa shape index (κ1) is 20.5. The summed E-state index contributed by atoms with van der Waals surface area (Å²) in [5, 5.41) is 2.91. The molecule has 7 heteroatoms. The fourth-order valence-corrected chi connectivity index (χ4v) is 5.51. The number of thioether (sulfide) groups is 1. The SMILES string of the molecule is CCc1cccc(CC)c1NC(=O)COC(=O)[C@]12CCC(=O)N1c1ccccc1S2. The molecular formula is C23H24N2O4S. The van der Waals surface area contributed by atoms with Gasteiger partial charge in [-0.3, -0.25) is 14.5 Å². The lowest BCUT2D eigenvalue weighted by Gasteiger charge is -2.28. The number of nitrogens with zero attached hydrogens (tertiary/aromatic N) is 1. The van der Waals surface area contributed by atoms with Crippen LogP contribution in [0.3, 0.4) is 0 Å². The molecule has 0 saturated carbocycles. The molecule has 30 heavy (non-hydrogen) atoms. The molecular weight excluding hydrogens is 400 g/mol. The number of hydrogen-bond acceptors (Lipinski definition) is 5. The van der Waals surface area contributed by atoms with Crippen molar-refractivity contribution in [3.63, 3.8) is 0 Å². The van der Waals surface area contributed by atoms with Gasteiger partial charge in [0, 0.05) is 23.4 Å². The lowest BCUT2D eigenvalue weighted by molar-refractivity contribution is -0.149. The molecule has 1 saturated heterocycles. The molecule has 2 aliphatic rings. The second-order valence-electron chi connectivity index (χ2n) is 7.37. The van der Waals surface area contributed by atoms with Gasteiger partial charge in [-0.1, -0.05) is 55.9 Å². The minimum Gasteiger partial charge on any atom is -0.453 e. The van der Waals surface area contributed by atoms with Crippen molar-refractivity contribution in [3.8, 4) is 0 Å². The van der Waals surface area contributed by atoms with E-state index < -0.39 is 10.8 Å². The number of esters is 1. The maximum Gasteiger partial charge on any atom is 0.344 e. The van der Waals surface area contributed by atoms with Crippen LogP contribution in [0.5, 0.6) is 0 Å². The molecule has 0 aromatic heterocycles. The van der Waals surface area contributed by atoms with Crippen molar-refractivity contribution < 1.29 is 19.1 Å². The Morgan fingerprint density at radius 1 is 1.10 bits per heavy atom. The number of benzene rings is 2. The molecule has 0 spiro atoms. The van der Waals surface area contributed by atoms with Gasteiger partial charge in [-0.25, -0.2) is 4.79 Å². The molecule has 2 aromatic rings. The fraction of sp³-hybridized carbons (Fsp3) is 0.348. The molecule has 4 rings (SSSR count). The summed E-state index contributed by atoms with van der Waals surface area (Å²) in [6, 6.07) is 13.4. The predicted molar refractivity (Wildman–Crippen MR) is 117 cm³/mol. The lowest BCUT2D eigenvalue weighted by Crippen LogP contribution is -2.48. The van der Waals surface area contributed by atoms with Crippen molar-refractivity contribution in [2.24, 2.45) is 0 Å². The van der Waals surface area contributed by atoms with E-state index in [-0.39, 0.29) is 24.8 Å². The summed E-state index contributed by atoms with van der Waals surface area (Å²) in [5.74, 6) is -1.03. The minimum absolute atomic E-state index is 0.0988. The van der Waals surface area contributed by atoms with E-state index in [9.17, 15) is 14.4 Å². The van der Waals surface area contributed by atoms with Crippen LogP contribution in [-0.2, 0) is 32.0 Å². The summed E-state index contributed by atoms with van der Waals surface area (Å²) in [5.41, 5.74) is 3.61. The van der Waals surface area contributed by atoms with Gasteiger partial charge < -0.3 is 10.1 Å². The van der Waals surface area contributed by atoms with Crippen LogP contribution in [0.15, 0.2) is 47.4 Å². The summed E-state index contributed by atoms with van der Waals surface area (Å²) < 4.78 is 5.43. The minimum atomic E-state index is -1.11. The largest absolute Gasteiger partial charge is 0.453 e. The Kier molecular flexibility index (Phi) is 5.56. The summed E-state index contributed by atoms with van der Waals surface area (Å²) in [6.45, 7) is 3.68. The molecule has 0 bridgehead atoms. The van der Waals surface area contributed by atoms with E-state index in [2.05, 4.69) is 5.32 Å². The van der Waals surface area contributed by atoms with Crippen LogP contribution in [0.2, 0.25) is 0 Å². The van der Waals surface area contributed by atoms with Gasteiger partial charge in [-0.15, -0.1) is 0 Å². The number of rotatable bonds is 6. The highest BCUT2D eigenvalue weighted by atomic mass is 32.2. The molecule has 1 atom stereocenters. The second kappa shape index (κ2) is 8.14. The zero-order chi connectivity index (χ0) is 21.3. The number of amides is 2. The molecule has 2 amide bonds. The second-order valence-corrected chi connectivity index (χ2v) is 8.69. The van der Waals surface area contributed by atoms with E-state index in [0.717, 1.165) is 40.2 Å². The Labute approximate surface area is 180 Å². The van der Waals surface area contributed by atoms with Crippen LogP contribution in [-0.4, -0.2) is 29.3 Å². The first-order valence-electron chi connectivity index (χ1n) is 10.2. The smallest absolute Gasteiger partial charge is 0.344 e. The molecule has 1 fully saturated rings. The number of carbonyl (C=O) groups excluding carboxylic acids is 3. The molecule has 1 N–H and O–H groups in total. The average molecular weight is 425 g/mol. The maximum atomic E-state index is 13.0. The quantitative estimate of drug-likeness (QED) is 0.712. The summed E-state index contributed by atoms with van der Waals surface area (Å²) >= 11 is 1.33. The lowest BCUT2D eigenvalue weighted by atomic mass is 10.0. The van der Waals surface area contributed by atoms with Crippen LogP contribution >= 0.6 is 11.8 Å². The Morgan fingerprint density at radius 3 is 2.50 bits per heavy atom. The Morgan fingerprint density at radius 2 is 1.80 bits per heavy atom. The molecule has 0 radical (unpaired) electrons. The predicted octanol–water partition coefficient (Wildman–Crippen LogP) is 3.92. The molecule has 2 aliphatic heterocycles. The zero-order valence-electron chi connectivity index (χ0n) is 17.1. The Hall–Kier alpha value is -2.80. The van der Waals surface area contributed by atoms with E-state index in [0.29, 0.717) is 6.42 Å². The van der Waals surface area contributed by atoms with Gasteiger partial charge in [0.2, 0.25) is 5.91 Å². The number of carbonyl (C=O) groups is 3. The van der Waals surface area contributed by atoms with Crippen molar-refractivity contribution in [3.05, 3.63) is 53.6 Å². The molecule has 2 heterocycles. The summed E-state index contributed by atoms with van der Waals surface area (Å²) in [4.78, 5) is 39.4.